The summed E-state index contributed by atoms with van der Waals surface area (Å²) in [7, 11) is 0. The topological polar surface area (TPSA) is 137 Å². The molecule has 0 spiro atoms. The molecule has 0 amide bonds. The number of hydrogen-bond acceptors (Lipinski definition) is 7. The minimum atomic E-state index is -1.86. The van der Waals surface area contributed by atoms with Crippen LogP contribution in [0.3, 0.4) is 0 Å². The molecule has 2 rings (SSSR count). The van der Waals surface area contributed by atoms with Gasteiger partial charge in [0.25, 0.3) is 0 Å². The Balaban J connectivity index is 2.47. The van der Waals surface area contributed by atoms with Gasteiger partial charge in [-0.25, -0.2) is 4.79 Å². The Morgan fingerprint density at radius 1 is 1.24 bits per heavy atom. The van der Waals surface area contributed by atoms with E-state index < -0.39 is 78.8 Å². The number of aliphatic hydroxyl groups is 4. The molecule has 8 nitrogen and oxygen atoms in total. The molecule has 0 radical (unpaired) electrons. The summed E-state index contributed by atoms with van der Waals surface area (Å²) >= 11 is 0. The normalized spacial score (nSPS) is 35.3. The van der Waals surface area contributed by atoms with E-state index in [-0.39, 0.29) is 0 Å². The van der Waals surface area contributed by atoms with Crippen LogP contribution in [0.4, 0.5) is 0 Å². The van der Waals surface area contributed by atoms with Crippen molar-refractivity contribution in [1.82, 2.24) is 0 Å². The molecule has 0 saturated carbocycles. The second-order valence-electron chi connectivity index (χ2n) is 4.32. The van der Waals surface area contributed by atoms with Gasteiger partial charge in [0.15, 0.2) is 0 Å². The molecule has 116 valence electrons. The van der Waals surface area contributed by atoms with Crippen molar-refractivity contribution in [2.45, 2.75) is 30.7 Å². The van der Waals surface area contributed by atoms with Crippen LogP contribution in [0.25, 0.3) is 0 Å². The zero-order valence-corrected chi connectivity index (χ0v) is 10.6. The van der Waals surface area contributed by atoms with Gasteiger partial charge in [0.05, 0.1) is 12.1 Å². The first-order chi connectivity index (χ1) is 11.6. The summed E-state index contributed by atoms with van der Waals surface area (Å²) in [6.45, 7) is -0.747. The van der Waals surface area contributed by atoms with Crippen molar-refractivity contribution in [3.63, 3.8) is 0 Å². The van der Waals surface area contributed by atoms with Crippen molar-refractivity contribution in [3.8, 4) is 5.75 Å². The van der Waals surface area contributed by atoms with Crippen LogP contribution in [-0.4, -0.2) is 68.8 Å². The van der Waals surface area contributed by atoms with E-state index in [2.05, 4.69) is 0 Å². The van der Waals surface area contributed by atoms with Crippen LogP contribution in [0.2, 0.25) is 0 Å². The SMILES string of the molecule is [2H]c1c([2H])c([2H])c(C(=O)O)c(O[C@@H]2O[C@H](CO)[C@@H](O)[C@H](O)[C@H]2O)c1[2H]. The van der Waals surface area contributed by atoms with E-state index in [0.717, 1.165) is 0 Å². The quantitative estimate of drug-likeness (QED) is 0.456. The third-order valence-corrected chi connectivity index (χ3v) is 2.95. The summed E-state index contributed by atoms with van der Waals surface area (Å²) in [5, 5.41) is 47.7. The van der Waals surface area contributed by atoms with Crippen molar-refractivity contribution in [1.29, 1.82) is 0 Å². The van der Waals surface area contributed by atoms with Gasteiger partial charge >= 0.3 is 5.97 Å². The van der Waals surface area contributed by atoms with E-state index in [9.17, 15) is 25.2 Å². The molecule has 1 heterocycles. The van der Waals surface area contributed by atoms with Crippen LogP contribution in [0.1, 0.15) is 15.8 Å². The van der Waals surface area contributed by atoms with E-state index in [0.29, 0.717) is 0 Å². The monoisotopic (exact) mass is 304 g/mol. The first kappa shape index (κ1) is 10.9. The molecule has 1 aromatic carbocycles. The predicted molar refractivity (Wildman–Crippen MR) is 67.8 cm³/mol. The zero-order chi connectivity index (χ0) is 19.0. The Morgan fingerprint density at radius 3 is 2.52 bits per heavy atom. The van der Waals surface area contributed by atoms with Crippen LogP contribution in [0.5, 0.6) is 5.75 Å². The maximum atomic E-state index is 11.4. The highest BCUT2D eigenvalue weighted by Gasteiger charge is 2.44. The molecule has 8 heteroatoms. The van der Waals surface area contributed by atoms with Gasteiger partial charge in [0.2, 0.25) is 6.29 Å². The highest BCUT2D eigenvalue weighted by atomic mass is 16.7. The van der Waals surface area contributed by atoms with E-state index in [4.69, 9.17) is 20.1 Å². The van der Waals surface area contributed by atoms with Gasteiger partial charge in [-0.05, 0) is 12.1 Å². The average molecular weight is 304 g/mol. The number of para-hydroxylation sites is 1. The van der Waals surface area contributed by atoms with Crippen molar-refractivity contribution in [3.05, 3.63) is 29.7 Å². The third-order valence-electron chi connectivity index (χ3n) is 2.95. The first-order valence-electron chi connectivity index (χ1n) is 7.92. The molecule has 0 bridgehead atoms. The average Bonchev–Trinajstić information content (AvgIpc) is 2.57. The minimum absolute atomic E-state index is 0.747. The second kappa shape index (κ2) is 6.37. The molecule has 1 aliphatic rings. The Bertz CT molecular complexity index is 683. The molecule has 1 fully saturated rings. The number of rotatable bonds is 4. The van der Waals surface area contributed by atoms with Gasteiger partial charge in [0, 0.05) is 0 Å². The number of ether oxygens (including phenoxy) is 2. The van der Waals surface area contributed by atoms with E-state index >= 15 is 0 Å². The largest absolute Gasteiger partial charge is 0.478 e. The van der Waals surface area contributed by atoms with Crippen molar-refractivity contribution in [2.24, 2.45) is 0 Å². The number of aliphatic hydroxyl groups excluding tert-OH is 4. The minimum Gasteiger partial charge on any atom is -0.478 e. The molecule has 1 aliphatic heterocycles. The van der Waals surface area contributed by atoms with Gasteiger partial charge in [-0.2, -0.15) is 0 Å². The Labute approximate surface area is 125 Å². The van der Waals surface area contributed by atoms with Crippen LogP contribution in [0.15, 0.2) is 24.2 Å². The maximum Gasteiger partial charge on any atom is 0.339 e. The second-order valence-corrected chi connectivity index (χ2v) is 4.32. The summed E-state index contributed by atoms with van der Waals surface area (Å²) in [4.78, 5) is 11.4. The number of benzene rings is 1. The van der Waals surface area contributed by atoms with Crippen molar-refractivity contribution < 1.29 is 45.3 Å². The van der Waals surface area contributed by atoms with Crippen LogP contribution >= 0.6 is 0 Å². The summed E-state index contributed by atoms with van der Waals surface area (Å²) in [5.41, 5.74) is -0.886. The highest BCUT2D eigenvalue weighted by Crippen LogP contribution is 2.26. The number of aromatic carboxylic acids is 1. The van der Waals surface area contributed by atoms with Gasteiger partial charge in [0.1, 0.15) is 35.7 Å². The molecule has 0 unspecified atom stereocenters. The lowest BCUT2D eigenvalue weighted by atomic mass is 9.99. The van der Waals surface area contributed by atoms with Crippen LogP contribution in [0, 0.1) is 0 Å². The molecular formula is C13H16O8. The Hall–Kier alpha value is -1.71. The number of carboxylic acid groups (broad SMARTS) is 1. The standard InChI is InChI=1S/C13H16O8/c14-5-8-9(15)10(16)11(17)13(21-8)20-7-4-2-1-3-6(7)12(18)19/h1-4,8-11,13-17H,5H2,(H,18,19)/t8-,9-,10+,11-,13-/m1/s1/i1D,2D,3D,4D. The van der Waals surface area contributed by atoms with Gasteiger partial charge < -0.3 is 35.0 Å². The van der Waals surface area contributed by atoms with E-state index in [1.807, 2.05) is 0 Å². The van der Waals surface area contributed by atoms with Gasteiger partial charge in [-0.15, -0.1) is 0 Å². The van der Waals surface area contributed by atoms with Crippen molar-refractivity contribution in [2.75, 3.05) is 6.61 Å². The smallest absolute Gasteiger partial charge is 0.339 e. The first-order valence-corrected chi connectivity index (χ1v) is 5.92. The summed E-state index contributed by atoms with van der Waals surface area (Å²) in [6, 6.07) is -3.25. The fourth-order valence-corrected chi connectivity index (χ4v) is 1.82. The summed E-state index contributed by atoms with van der Waals surface area (Å²) in [5.74, 6) is -2.51. The lowest BCUT2D eigenvalue weighted by Crippen LogP contribution is -2.60. The number of carbonyl (C=O) groups is 1. The molecular weight excluding hydrogens is 284 g/mol. The predicted octanol–water partition coefficient (Wildman–Crippen LogP) is -1.44. The number of carboxylic acids is 1. The fraction of sp³-hybridized carbons (Fsp3) is 0.462. The third kappa shape index (κ3) is 3.14. The highest BCUT2D eigenvalue weighted by molar-refractivity contribution is 5.90. The summed E-state index contributed by atoms with van der Waals surface area (Å²) in [6.07, 6.45) is -8.43. The zero-order valence-electron chi connectivity index (χ0n) is 14.6. The Morgan fingerprint density at radius 2 is 1.90 bits per heavy atom. The lowest BCUT2D eigenvalue weighted by molar-refractivity contribution is -0.277. The van der Waals surface area contributed by atoms with Gasteiger partial charge in [-0.1, -0.05) is 12.1 Å². The number of hydrogen-bond donors (Lipinski definition) is 5. The van der Waals surface area contributed by atoms with Gasteiger partial charge in [-0.3, -0.25) is 0 Å². The van der Waals surface area contributed by atoms with Crippen LogP contribution in [-0.2, 0) is 4.74 Å². The molecule has 0 aliphatic carbocycles. The molecule has 5 atom stereocenters. The molecule has 5 N–H and O–H groups in total. The molecule has 1 aromatic rings. The maximum absolute atomic E-state index is 11.4. The Kier molecular flexibility index (Phi) is 3.32. The lowest BCUT2D eigenvalue weighted by Gasteiger charge is -2.39. The molecule has 21 heavy (non-hydrogen) atoms. The van der Waals surface area contributed by atoms with E-state index in [1.54, 1.807) is 0 Å². The molecule has 0 aromatic heterocycles. The van der Waals surface area contributed by atoms with Crippen LogP contribution < -0.4 is 4.74 Å². The summed E-state index contributed by atoms with van der Waals surface area (Å²) < 4.78 is 40.6. The molecule has 1 saturated heterocycles. The fourth-order valence-electron chi connectivity index (χ4n) is 1.82. The van der Waals surface area contributed by atoms with Crippen molar-refractivity contribution >= 4 is 5.97 Å². The van der Waals surface area contributed by atoms with E-state index in [1.165, 1.54) is 0 Å².